The van der Waals surface area contributed by atoms with Crippen LogP contribution in [-0.2, 0) is 10.1 Å². The first-order chi connectivity index (χ1) is 10.3. The lowest BCUT2D eigenvalue weighted by Crippen LogP contribution is -2.27. The van der Waals surface area contributed by atoms with E-state index in [0.29, 0.717) is 6.54 Å². The second kappa shape index (κ2) is 7.79. The number of nitrogens with one attached hydrogen (secondary N) is 1. The Bertz CT molecular complexity index is 653. The summed E-state index contributed by atoms with van der Waals surface area (Å²) in [6.07, 6.45) is 1.64. The van der Waals surface area contributed by atoms with Gasteiger partial charge in [0.15, 0.2) is 5.75 Å². The molecule has 0 spiro atoms. The van der Waals surface area contributed by atoms with Gasteiger partial charge in [0.2, 0.25) is 0 Å². The molecule has 0 saturated heterocycles. The van der Waals surface area contributed by atoms with Crippen LogP contribution in [0.1, 0.15) is 47.4 Å². The van der Waals surface area contributed by atoms with Crippen LogP contribution in [0.5, 0.6) is 5.75 Å². The Morgan fingerprint density at radius 3 is 2.50 bits per heavy atom. The third-order valence-corrected chi connectivity index (χ3v) is 4.01. The van der Waals surface area contributed by atoms with Gasteiger partial charge in [0.25, 0.3) is 5.91 Å². The number of aromatic carboxylic acids is 1. The number of benzene rings is 1. The molecular weight excluding hydrogens is 310 g/mol. The van der Waals surface area contributed by atoms with Gasteiger partial charge in [-0.25, -0.2) is 4.79 Å². The molecule has 0 aliphatic heterocycles. The first-order valence-corrected chi connectivity index (χ1v) is 8.46. The van der Waals surface area contributed by atoms with Gasteiger partial charge in [-0.3, -0.25) is 4.79 Å². The molecule has 0 radical (unpaired) electrons. The summed E-state index contributed by atoms with van der Waals surface area (Å²) in [5.74, 6) is -2.68. The van der Waals surface area contributed by atoms with Gasteiger partial charge in [-0.1, -0.05) is 19.4 Å². The summed E-state index contributed by atoms with van der Waals surface area (Å²) in [5.41, 5.74) is -0.596. The van der Waals surface area contributed by atoms with Crippen molar-refractivity contribution < 1.29 is 27.3 Å². The highest BCUT2D eigenvalue weighted by Crippen LogP contribution is 2.24. The summed E-state index contributed by atoms with van der Waals surface area (Å²) in [5, 5.41) is 11.9. The number of carboxylic acid groups (broad SMARTS) is 1. The van der Waals surface area contributed by atoms with E-state index >= 15 is 0 Å². The average molecular weight is 329 g/mol. The molecule has 0 fully saturated rings. The highest BCUT2D eigenvalue weighted by atomic mass is 32.2. The topological polar surface area (TPSA) is 110 Å². The SMILES string of the molecule is CCCCNC(=O)c1cccc(OS(=O)(=O)CC)c1C(=O)O. The summed E-state index contributed by atoms with van der Waals surface area (Å²) < 4.78 is 27.8. The molecule has 1 amide bonds. The second-order valence-electron chi connectivity index (χ2n) is 4.52. The zero-order valence-electron chi connectivity index (χ0n) is 12.5. The first-order valence-electron chi connectivity index (χ1n) is 6.89. The monoisotopic (exact) mass is 329 g/mol. The van der Waals surface area contributed by atoms with Gasteiger partial charge in [0, 0.05) is 6.54 Å². The van der Waals surface area contributed by atoms with Gasteiger partial charge in [-0.15, -0.1) is 0 Å². The van der Waals surface area contributed by atoms with Crippen LogP contribution in [0.15, 0.2) is 18.2 Å². The van der Waals surface area contributed by atoms with E-state index in [9.17, 15) is 23.1 Å². The number of amides is 1. The van der Waals surface area contributed by atoms with Crippen LogP contribution in [0.3, 0.4) is 0 Å². The summed E-state index contributed by atoms with van der Waals surface area (Å²) in [7, 11) is -3.89. The van der Waals surface area contributed by atoms with Gasteiger partial charge in [0.05, 0.1) is 11.3 Å². The molecule has 7 nitrogen and oxygen atoms in total. The van der Waals surface area contributed by atoms with E-state index in [4.69, 9.17) is 4.18 Å². The summed E-state index contributed by atoms with van der Waals surface area (Å²) >= 11 is 0. The maximum absolute atomic E-state index is 12.1. The van der Waals surface area contributed by atoms with E-state index in [1.807, 2.05) is 6.92 Å². The average Bonchev–Trinajstić information content (AvgIpc) is 2.46. The molecule has 0 atom stereocenters. The normalized spacial score (nSPS) is 11.0. The van der Waals surface area contributed by atoms with Crippen molar-refractivity contribution in [2.24, 2.45) is 0 Å². The molecule has 1 rings (SSSR count). The van der Waals surface area contributed by atoms with E-state index in [1.54, 1.807) is 0 Å². The minimum Gasteiger partial charge on any atom is -0.478 e. The predicted molar refractivity (Wildman–Crippen MR) is 80.7 cm³/mol. The van der Waals surface area contributed by atoms with Crippen LogP contribution in [0.4, 0.5) is 0 Å². The van der Waals surface area contributed by atoms with Gasteiger partial charge >= 0.3 is 16.1 Å². The standard InChI is InChI=1S/C14H19NO6S/c1-3-5-9-15-13(16)10-7-6-8-11(12(10)14(17)18)21-22(19,20)4-2/h6-8H,3-5,9H2,1-2H3,(H,15,16)(H,17,18). The van der Waals surface area contributed by atoms with E-state index < -0.39 is 27.6 Å². The Morgan fingerprint density at radius 2 is 1.95 bits per heavy atom. The molecule has 1 aromatic carbocycles. The van der Waals surface area contributed by atoms with Crippen LogP contribution >= 0.6 is 0 Å². The number of hydrogen-bond acceptors (Lipinski definition) is 5. The van der Waals surface area contributed by atoms with Crippen molar-refractivity contribution >= 4 is 22.0 Å². The lowest BCUT2D eigenvalue weighted by molar-refractivity contribution is 0.0689. The zero-order chi connectivity index (χ0) is 16.8. The number of rotatable bonds is 8. The first kappa shape index (κ1) is 18.0. The Morgan fingerprint density at radius 1 is 1.27 bits per heavy atom. The highest BCUT2D eigenvalue weighted by molar-refractivity contribution is 7.87. The Labute approximate surface area is 129 Å². The van der Waals surface area contributed by atoms with Crippen molar-refractivity contribution in [1.82, 2.24) is 5.32 Å². The lowest BCUT2D eigenvalue weighted by atomic mass is 10.1. The van der Waals surface area contributed by atoms with E-state index in [0.717, 1.165) is 12.8 Å². The fourth-order valence-corrected chi connectivity index (χ4v) is 2.21. The summed E-state index contributed by atoms with van der Waals surface area (Å²) in [6, 6.07) is 3.90. The zero-order valence-corrected chi connectivity index (χ0v) is 13.3. The number of carbonyl (C=O) groups is 2. The highest BCUT2D eigenvalue weighted by Gasteiger charge is 2.24. The molecule has 1 aromatic rings. The fraction of sp³-hybridized carbons (Fsp3) is 0.429. The van der Waals surface area contributed by atoms with Crippen molar-refractivity contribution in [3.63, 3.8) is 0 Å². The van der Waals surface area contributed by atoms with Crippen molar-refractivity contribution in [1.29, 1.82) is 0 Å². The Kier molecular flexibility index (Phi) is 6.36. The van der Waals surface area contributed by atoms with Gasteiger partial charge in [-0.05, 0) is 25.5 Å². The summed E-state index contributed by atoms with van der Waals surface area (Å²) in [6.45, 7) is 3.74. The van der Waals surface area contributed by atoms with Gasteiger partial charge in [-0.2, -0.15) is 8.42 Å². The van der Waals surface area contributed by atoms with E-state index in [2.05, 4.69) is 5.32 Å². The molecule has 0 aliphatic carbocycles. The van der Waals surface area contributed by atoms with Crippen LogP contribution in [0, 0.1) is 0 Å². The van der Waals surface area contributed by atoms with Crippen LogP contribution in [-0.4, -0.2) is 37.7 Å². The predicted octanol–water partition coefficient (Wildman–Crippen LogP) is 1.64. The number of carbonyl (C=O) groups excluding carboxylic acids is 1. The van der Waals surface area contributed by atoms with Gasteiger partial charge < -0.3 is 14.6 Å². The van der Waals surface area contributed by atoms with Crippen LogP contribution in [0.25, 0.3) is 0 Å². The van der Waals surface area contributed by atoms with Gasteiger partial charge in [0.1, 0.15) is 5.56 Å². The number of unbranched alkanes of at least 4 members (excludes halogenated alkanes) is 1. The Balaban J connectivity index is 3.19. The molecule has 0 heterocycles. The smallest absolute Gasteiger partial charge is 0.340 e. The van der Waals surface area contributed by atoms with Crippen molar-refractivity contribution in [2.45, 2.75) is 26.7 Å². The maximum Gasteiger partial charge on any atom is 0.340 e. The molecule has 8 heteroatoms. The van der Waals surface area contributed by atoms with Crippen molar-refractivity contribution in [3.8, 4) is 5.75 Å². The molecule has 2 N–H and O–H groups in total. The fourth-order valence-electron chi connectivity index (χ4n) is 1.68. The molecule has 0 unspecified atom stereocenters. The van der Waals surface area contributed by atoms with Crippen LogP contribution in [0.2, 0.25) is 0 Å². The van der Waals surface area contributed by atoms with Crippen molar-refractivity contribution in [2.75, 3.05) is 12.3 Å². The molecule has 0 saturated carbocycles. The summed E-state index contributed by atoms with van der Waals surface area (Å²) in [4.78, 5) is 23.4. The molecule has 122 valence electrons. The molecule has 0 aliphatic rings. The lowest BCUT2D eigenvalue weighted by Gasteiger charge is -2.12. The Hall–Kier alpha value is -2.09. The van der Waals surface area contributed by atoms with Crippen LogP contribution < -0.4 is 9.50 Å². The molecular formula is C14H19NO6S. The quantitative estimate of drug-likeness (QED) is 0.554. The molecule has 22 heavy (non-hydrogen) atoms. The molecule has 0 aromatic heterocycles. The minimum absolute atomic E-state index is 0.132. The van der Waals surface area contributed by atoms with E-state index in [1.165, 1.54) is 25.1 Å². The van der Waals surface area contributed by atoms with E-state index in [-0.39, 0.29) is 17.1 Å². The number of carboxylic acids is 1. The minimum atomic E-state index is -3.89. The molecule has 0 bridgehead atoms. The third kappa shape index (κ3) is 4.73. The largest absolute Gasteiger partial charge is 0.478 e. The maximum atomic E-state index is 12.1. The van der Waals surface area contributed by atoms with Crippen molar-refractivity contribution in [3.05, 3.63) is 29.3 Å². The second-order valence-corrected chi connectivity index (χ2v) is 6.38. The third-order valence-electron chi connectivity index (χ3n) is 2.87. The number of hydrogen-bond donors (Lipinski definition) is 2.